The first-order valence-corrected chi connectivity index (χ1v) is 10.2. The van der Waals surface area contributed by atoms with Crippen LogP contribution in [0, 0.1) is 13.8 Å². The highest BCUT2D eigenvalue weighted by molar-refractivity contribution is 7.80. The van der Waals surface area contributed by atoms with Crippen molar-refractivity contribution in [3.8, 4) is 0 Å². The Labute approximate surface area is 172 Å². The summed E-state index contributed by atoms with van der Waals surface area (Å²) < 4.78 is 5.09. The second kappa shape index (κ2) is 10.5. The van der Waals surface area contributed by atoms with Crippen molar-refractivity contribution >= 4 is 28.2 Å². The van der Waals surface area contributed by atoms with Crippen LogP contribution in [0.2, 0.25) is 0 Å². The molecule has 0 radical (unpaired) electrons. The number of hydrogen-bond donors (Lipinski definition) is 3. The summed E-state index contributed by atoms with van der Waals surface area (Å²) in [5.74, 6) is 0. The summed E-state index contributed by atoms with van der Waals surface area (Å²) in [5, 5.41) is 5.02. The molecule has 154 valence electrons. The molecule has 0 bridgehead atoms. The molecule has 1 aromatic carbocycles. The van der Waals surface area contributed by atoms with Gasteiger partial charge in [0, 0.05) is 31.3 Å². The zero-order valence-corrected chi connectivity index (χ0v) is 18.5. The second-order valence-electron chi connectivity index (χ2n) is 7.60. The molecule has 0 unspecified atom stereocenters. The minimum atomic E-state index is -0.0554. The topological polar surface area (TPSA) is 61.8 Å². The summed E-state index contributed by atoms with van der Waals surface area (Å²) in [7, 11) is 5.92. The summed E-state index contributed by atoms with van der Waals surface area (Å²) in [5.41, 5.74) is 3.94. The number of nitrogens with one attached hydrogen (secondary N) is 3. The molecule has 0 aliphatic rings. The van der Waals surface area contributed by atoms with Gasteiger partial charge in [-0.3, -0.25) is 4.79 Å². The molecule has 0 fully saturated rings. The van der Waals surface area contributed by atoms with Crippen LogP contribution in [0.15, 0.2) is 23.0 Å². The van der Waals surface area contributed by atoms with E-state index in [0.29, 0.717) is 18.3 Å². The number of aromatic nitrogens is 1. The quantitative estimate of drug-likeness (QED) is 0.429. The summed E-state index contributed by atoms with van der Waals surface area (Å²) >= 11 is 5.61. The first-order valence-electron chi connectivity index (χ1n) is 9.75. The van der Waals surface area contributed by atoms with Crippen molar-refractivity contribution in [2.24, 2.45) is 0 Å². The summed E-state index contributed by atoms with van der Waals surface area (Å²) in [6.07, 6.45) is 0.887. The standard InChI is InChI=1S/C21H32N4O2S/c1-15-11-17-13-18(20(26)23-19(17)12-16(15)2)14-25(9-8-24(3)4)21(28)22-7-6-10-27-5/h11-13H,6-10,14H2,1-5H3,(H,22,28)(H,23,26)/p+1. The number of nitrogens with zero attached hydrogens (tertiary/aromatic N) is 1. The summed E-state index contributed by atoms with van der Waals surface area (Å²) in [4.78, 5) is 19.1. The summed E-state index contributed by atoms with van der Waals surface area (Å²) in [6.45, 7) is 7.80. The molecule has 0 aliphatic heterocycles. The number of hydrogen-bond acceptors (Lipinski definition) is 3. The molecule has 0 saturated heterocycles. The van der Waals surface area contributed by atoms with Crippen LogP contribution >= 0.6 is 12.2 Å². The Hall–Kier alpha value is -1.96. The van der Waals surface area contributed by atoms with Gasteiger partial charge >= 0.3 is 0 Å². The number of H-pyrrole nitrogens is 1. The number of likely N-dealkylation sites (N-methyl/N-ethyl adjacent to an activating group) is 1. The third-order valence-corrected chi connectivity index (χ3v) is 5.27. The number of aryl methyl sites for hydroxylation is 2. The van der Waals surface area contributed by atoms with Crippen molar-refractivity contribution in [1.29, 1.82) is 0 Å². The van der Waals surface area contributed by atoms with Crippen LogP contribution in [0.3, 0.4) is 0 Å². The number of ether oxygens (including phenoxy) is 1. The lowest BCUT2D eigenvalue weighted by Gasteiger charge is -2.26. The predicted octanol–water partition coefficient (Wildman–Crippen LogP) is 1.00. The van der Waals surface area contributed by atoms with E-state index in [0.717, 1.165) is 42.5 Å². The minimum Gasteiger partial charge on any atom is -0.385 e. The molecule has 0 saturated carbocycles. The van der Waals surface area contributed by atoms with Crippen molar-refractivity contribution in [2.45, 2.75) is 26.8 Å². The van der Waals surface area contributed by atoms with Crippen LogP contribution in [0.5, 0.6) is 0 Å². The Kier molecular flexibility index (Phi) is 8.41. The van der Waals surface area contributed by atoms with E-state index >= 15 is 0 Å². The number of rotatable bonds is 9. The first kappa shape index (κ1) is 22.3. The Morgan fingerprint density at radius 1 is 1.25 bits per heavy atom. The van der Waals surface area contributed by atoms with Crippen molar-refractivity contribution in [3.63, 3.8) is 0 Å². The van der Waals surface area contributed by atoms with Gasteiger partial charge in [-0.05, 0) is 67.2 Å². The maximum atomic E-state index is 12.7. The van der Waals surface area contributed by atoms with Crippen molar-refractivity contribution < 1.29 is 9.64 Å². The largest absolute Gasteiger partial charge is 0.385 e. The molecule has 28 heavy (non-hydrogen) atoms. The lowest BCUT2D eigenvalue weighted by molar-refractivity contribution is -0.857. The minimum absolute atomic E-state index is 0.0554. The maximum absolute atomic E-state index is 12.7. The third-order valence-electron chi connectivity index (χ3n) is 4.87. The Morgan fingerprint density at radius 2 is 1.96 bits per heavy atom. The molecule has 2 aromatic rings. The SMILES string of the molecule is COCCCNC(=S)N(CC[NH+](C)C)Cc1cc2cc(C)c(C)cc2[nH]c1=O. The first-order chi connectivity index (χ1) is 13.3. The zero-order valence-electron chi connectivity index (χ0n) is 17.6. The summed E-state index contributed by atoms with van der Waals surface area (Å²) in [6, 6.07) is 6.15. The van der Waals surface area contributed by atoms with E-state index in [9.17, 15) is 4.79 Å². The average molecular weight is 406 g/mol. The van der Waals surface area contributed by atoms with Gasteiger partial charge in [0.2, 0.25) is 0 Å². The molecule has 6 nitrogen and oxygen atoms in total. The van der Waals surface area contributed by atoms with Gasteiger partial charge in [-0.2, -0.15) is 0 Å². The highest BCUT2D eigenvalue weighted by Gasteiger charge is 2.14. The normalized spacial score (nSPS) is 11.2. The fraction of sp³-hybridized carbons (Fsp3) is 0.524. The van der Waals surface area contributed by atoms with Crippen LogP contribution in [0.1, 0.15) is 23.1 Å². The van der Waals surface area contributed by atoms with Crippen LogP contribution in [-0.4, -0.2) is 62.4 Å². The van der Waals surface area contributed by atoms with Gasteiger partial charge in [-0.15, -0.1) is 0 Å². The highest BCUT2D eigenvalue weighted by Crippen LogP contribution is 2.17. The van der Waals surface area contributed by atoms with Crippen LogP contribution in [-0.2, 0) is 11.3 Å². The van der Waals surface area contributed by atoms with Crippen LogP contribution in [0.25, 0.3) is 10.9 Å². The molecule has 2 rings (SSSR count). The molecule has 0 atom stereocenters. The van der Waals surface area contributed by atoms with Gasteiger partial charge in [0.25, 0.3) is 5.56 Å². The number of pyridine rings is 1. The van der Waals surface area contributed by atoms with Crippen molar-refractivity contribution in [1.82, 2.24) is 15.2 Å². The molecule has 0 spiro atoms. The monoisotopic (exact) mass is 405 g/mol. The van der Waals surface area contributed by atoms with Crippen LogP contribution < -0.4 is 15.8 Å². The highest BCUT2D eigenvalue weighted by atomic mass is 32.1. The molecule has 7 heteroatoms. The van der Waals surface area contributed by atoms with Gasteiger partial charge in [0.15, 0.2) is 5.11 Å². The van der Waals surface area contributed by atoms with Gasteiger partial charge in [0.05, 0.1) is 33.7 Å². The van der Waals surface area contributed by atoms with Gasteiger partial charge in [-0.1, -0.05) is 0 Å². The fourth-order valence-corrected chi connectivity index (χ4v) is 3.24. The number of fused-ring (bicyclic) bond motifs is 1. The van der Waals surface area contributed by atoms with Crippen molar-refractivity contribution in [2.75, 3.05) is 47.4 Å². The van der Waals surface area contributed by atoms with E-state index in [1.54, 1.807) is 7.11 Å². The lowest BCUT2D eigenvalue weighted by atomic mass is 10.0. The molecule has 1 heterocycles. The molecule has 0 aliphatic carbocycles. The van der Waals surface area contributed by atoms with Gasteiger partial charge in [0.1, 0.15) is 0 Å². The smallest absolute Gasteiger partial charge is 0.253 e. The molecular weight excluding hydrogens is 372 g/mol. The lowest BCUT2D eigenvalue weighted by Crippen LogP contribution is -3.06. The van der Waals surface area contributed by atoms with Crippen molar-refractivity contribution in [3.05, 3.63) is 45.2 Å². The fourth-order valence-electron chi connectivity index (χ4n) is 2.98. The Bertz CT molecular complexity index is 863. The molecule has 3 N–H and O–H groups in total. The molecular formula is C21H33N4O2S+. The average Bonchev–Trinajstić information content (AvgIpc) is 2.64. The van der Waals surface area contributed by atoms with E-state index in [1.165, 1.54) is 16.0 Å². The number of thiocarbonyl (C=S) groups is 1. The molecule has 0 amide bonds. The maximum Gasteiger partial charge on any atom is 0.253 e. The second-order valence-corrected chi connectivity index (χ2v) is 7.99. The van der Waals surface area contributed by atoms with Crippen LogP contribution in [0.4, 0.5) is 0 Å². The molecule has 1 aromatic heterocycles. The van der Waals surface area contributed by atoms with E-state index in [4.69, 9.17) is 17.0 Å². The van der Waals surface area contributed by atoms with E-state index < -0.39 is 0 Å². The van der Waals surface area contributed by atoms with Gasteiger partial charge < -0.3 is 24.8 Å². The number of benzene rings is 1. The third kappa shape index (κ3) is 6.29. The van der Waals surface area contributed by atoms with E-state index in [2.05, 4.69) is 49.2 Å². The van der Waals surface area contributed by atoms with E-state index in [1.807, 2.05) is 12.1 Å². The number of methoxy groups -OCH3 is 1. The van der Waals surface area contributed by atoms with E-state index in [-0.39, 0.29) is 5.56 Å². The van der Waals surface area contributed by atoms with Gasteiger partial charge in [-0.25, -0.2) is 0 Å². The zero-order chi connectivity index (χ0) is 20.7. The number of quaternary nitrogens is 1. The number of aromatic amines is 1. The predicted molar refractivity (Wildman–Crippen MR) is 119 cm³/mol. The Balaban J connectivity index is 2.21. The Morgan fingerprint density at radius 3 is 2.64 bits per heavy atom.